The number of nitrogens with zero attached hydrogens (tertiary/aromatic N) is 1. The summed E-state index contributed by atoms with van der Waals surface area (Å²) in [4.78, 5) is 24.1. The van der Waals surface area contributed by atoms with E-state index in [9.17, 15) is 31.2 Å². The Kier molecular flexibility index (Phi) is 7.62. The van der Waals surface area contributed by atoms with Gasteiger partial charge in [0.05, 0.1) is 28.7 Å². The number of carbonyl (C=O) groups is 2. The van der Waals surface area contributed by atoms with Gasteiger partial charge < -0.3 is 15.4 Å². The van der Waals surface area contributed by atoms with E-state index in [1.54, 1.807) is 0 Å². The van der Waals surface area contributed by atoms with E-state index in [2.05, 4.69) is 10.6 Å². The Labute approximate surface area is 192 Å². The minimum atomic E-state index is -4.72. The Balaban J connectivity index is 1.58. The first-order valence-electron chi connectivity index (χ1n) is 9.61. The van der Waals surface area contributed by atoms with Crippen molar-refractivity contribution in [3.05, 3.63) is 58.6 Å². The topological polar surface area (TPSA) is 105 Å². The second-order valence-electron chi connectivity index (χ2n) is 6.99. The van der Waals surface area contributed by atoms with Gasteiger partial charge in [0.1, 0.15) is 0 Å². The molecule has 0 unspecified atom stereocenters. The number of sulfonamides is 1. The normalized spacial score (nSPS) is 15.2. The highest BCUT2D eigenvalue weighted by Crippen LogP contribution is 2.36. The van der Waals surface area contributed by atoms with Crippen molar-refractivity contribution in [1.29, 1.82) is 0 Å². The summed E-state index contributed by atoms with van der Waals surface area (Å²) in [5.41, 5.74) is -0.873. The van der Waals surface area contributed by atoms with E-state index in [4.69, 9.17) is 16.3 Å². The van der Waals surface area contributed by atoms with Crippen LogP contribution in [0.2, 0.25) is 5.02 Å². The third-order valence-corrected chi connectivity index (χ3v) is 6.96. The van der Waals surface area contributed by atoms with Crippen LogP contribution >= 0.6 is 11.6 Å². The highest BCUT2D eigenvalue weighted by Gasteiger charge is 2.33. The molecular formula is C20H19ClF3N3O5S. The zero-order valence-electron chi connectivity index (χ0n) is 17.0. The molecular weight excluding hydrogens is 487 g/mol. The van der Waals surface area contributed by atoms with Crippen molar-refractivity contribution in [3.63, 3.8) is 0 Å². The second-order valence-corrected chi connectivity index (χ2v) is 9.33. The van der Waals surface area contributed by atoms with Gasteiger partial charge >= 0.3 is 18.0 Å². The van der Waals surface area contributed by atoms with Gasteiger partial charge in [-0.3, -0.25) is 9.59 Å². The number of hydrogen-bond donors (Lipinski definition) is 2. The second kappa shape index (κ2) is 10.1. The molecule has 1 saturated heterocycles. The smallest absolute Gasteiger partial charge is 0.379 e. The first-order valence-corrected chi connectivity index (χ1v) is 11.4. The molecule has 2 N–H and O–H groups in total. The molecule has 0 radical (unpaired) electrons. The summed E-state index contributed by atoms with van der Waals surface area (Å²) in [5.74, 6) is -2.25. The predicted molar refractivity (Wildman–Crippen MR) is 113 cm³/mol. The number of ether oxygens (including phenoxy) is 1. The molecule has 0 saturated carbocycles. The summed E-state index contributed by atoms with van der Waals surface area (Å²) in [6.07, 6.45) is -4.72. The maximum atomic E-state index is 12.9. The number of nitrogens with one attached hydrogen (secondary N) is 2. The van der Waals surface area contributed by atoms with Crippen molar-refractivity contribution < 1.29 is 35.9 Å². The van der Waals surface area contributed by atoms with Gasteiger partial charge in [0, 0.05) is 25.3 Å². The number of anilines is 1. The van der Waals surface area contributed by atoms with Gasteiger partial charge in [-0.05, 0) is 35.9 Å². The molecule has 1 heterocycles. The quantitative estimate of drug-likeness (QED) is 0.608. The molecule has 0 aliphatic carbocycles. The third kappa shape index (κ3) is 6.22. The summed E-state index contributed by atoms with van der Waals surface area (Å²) in [6.45, 7) is 1.05. The van der Waals surface area contributed by atoms with E-state index in [1.165, 1.54) is 28.6 Å². The zero-order valence-corrected chi connectivity index (χ0v) is 18.6. The molecule has 13 heteroatoms. The van der Waals surface area contributed by atoms with Gasteiger partial charge in [0.15, 0.2) is 0 Å². The first kappa shape index (κ1) is 25.0. The van der Waals surface area contributed by atoms with Crippen LogP contribution in [0.4, 0.5) is 18.9 Å². The molecule has 33 heavy (non-hydrogen) atoms. The maximum absolute atomic E-state index is 12.9. The summed E-state index contributed by atoms with van der Waals surface area (Å²) >= 11 is 5.52. The summed E-state index contributed by atoms with van der Waals surface area (Å²) in [5, 5.41) is 3.86. The Morgan fingerprint density at radius 2 is 1.67 bits per heavy atom. The predicted octanol–water partition coefficient (Wildman–Crippen LogP) is 2.63. The van der Waals surface area contributed by atoms with Crippen molar-refractivity contribution >= 4 is 39.1 Å². The molecule has 2 aromatic carbocycles. The monoisotopic (exact) mass is 505 g/mol. The van der Waals surface area contributed by atoms with E-state index in [1.807, 2.05) is 0 Å². The number of alkyl halides is 3. The Morgan fingerprint density at radius 3 is 2.27 bits per heavy atom. The number of benzene rings is 2. The van der Waals surface area contributed by atoms with Crippen LogP contribution in [0.5, 0.6) is 0 Å². The highest BCUT2D eigenvalue weighted by atomic mass is 35.5. The molecule has 1 aliphatic heterocycles. The zero-order chi connectivity index (χ0) is 24.2. The van der Waals surface area contributed by atoms with E-state index in [0.717, 1.165) is 12.1 Å². The van der Waals surface area contributed by atoms with E-state index >= 15 is 0 Å². The van der Waals surface area contributed by atoms with Crippen molar-refractivity contribution in [2.24, 2.45) is 0 Å². The lowest BCUT2D eigenvalue weighted by Crippen LogP contribution is -2.40. The van der Waals surface area contributed by atoms with Gasteiger partial charge in [0.25, 0.3) is 0 Å². The van der Waals surface area contributed by atoms with Crippen LogP contribution in [0.15, 0.2) is 47.4 Å². The molecule has 2 aromatic rings. The summed E-state index contributed by atoms with van der Waals surface area (Å²) in [6, 6.07) is 8.47. The van der Waals surface area contributed by atoms with E-state index < -0.39 is 38.6 Å². The van der Waals surface area contributed by atoms with E-state index in [-0.39, 0.29) is 30.2 Å². The summed E-state index contributed by atoms with van der Waals surface area (Å²) in [7, 11) is -3.66. The fourth-order valence-electron chi connectivity index (χ4n) is 2.99. The number of carbonyl (C=O) groups excluding carboxylic acids is 2. The van der Waals surface area contributed by atoms with Gasteiger partial charge in [-0.2, -0.15) is 17.5 Å². The highest BCUT2D eigenvalue weighted by molar-refractivity contribution is 7.89. The Bertz CT molecular complexity index is 1130. The molecule has 8 nitrogen and oxygen atoms in total. The van der Waals surface area contributed by atoms with Gasteiger partial charge in [-0.25, -0.2) is 8.42 Å². The van der Waals surface area contributed by atoms with Crippen molar-refractivity contribution in [2.45, 2.75) is 17.6 Å². The average Bonchev–Trinajstić information content (AvgIpc) is 2.78. The lowest BCUT2D eigenvalue weighted by molar-refractivity contribution is -0.137. The van der Waals surface area contributed by atoms with Crippen molar-refractivity contribution in [1.82, 2.24) is 9.62 Å². The Hall–Kier alpha value is -2.67. The molecule has 2 amide bonds. The molecule has 0 aromatic heterocycles. The molecule has 1 aliphatic rings. The molecule has 1 fully saturated rings. The number of halogens is 4. The molecule has 3 rings (SSSR count). The first-order chi connectivity index (χ1) is 15.5. The fourth-order valence-corrected chi connectivity index (χ4v) is 4.62. The van der Waals surface area contributed by atoms with Gasteiger partial charge in [-0.15, -0.1) is 0 Å². The molecule has 0 spiro atoms. The van der Waals surface area contributed by atoms with E-state index in [0.29, 0.717) is 24.8 Å². The van der Waals surface area contributed by atoms with Crippen molar-refractivity contribution in [2.75, 3.05) is 31.6 Å². The minimum Gasteiger partial charge on any atom is -0.379 e. The number of amides is 2. The van der Waals surface area contributed by atoms with Crippen LogP contribution in [-0.4, -0.2) is 50.8 Å². The van der Waals surface area contributed by atoms with Crippen molar-refractivity contribution in [3.8, 4) is 0 Å². The maximum Gasteiger partial charge on any atom is 0.417 e. The van der Waals surface area contributed by atoms with Crippen LogP contribution in [0.1, 0.15) is 11.1 Å². The van der Waals surface area contributed by atoms with Crippen LogP contribution in [-0.2, 0) is 37.1 Å². The average molecular weight is 506 g/mol. The van der Waals surface area contributed by atoms with Crippen LogP contribution in [0.3, 0.4) is 0 Å². The molecule has 0 atom stereocenters. The minimum absolute atomic E-state index is 0.0837. The van der Waals surface area contributed by atoms with Crippen LogP contribution < -0.4 is 10.6 Å². The lowest BCUT2D eigenvalue weighted by atomic mass is 10.2. The van der Waals surface area contributed by atoms with Gasteiger partial charge in [-0.1, -0.05) is 23.7 Å². The molecule has 0 bridgehead atoms. The van der Waals surface area contributed by atoms with Crippen LogP contribution in [0.25, 0.3) is 0 Å². The largest absolute Gasteiger partial charge is 0.417 e. The van der Waals surface area contributed by atoms with Gasteiger partial charge in [0.2, 0.25) is 10.0 Å². The Morgan fingerprint density at radius 1 is 1.03 bits per heavy atom. The number of rotatable bonds is 5. The number of hydrogen-bond acceptors (Lipinski definition) is 5. The summed E-state index contributed by atoms with van der Waals surface area (Å²) < 4.78 is 70.4. The third-order valence-electron chi connectivity index (χ3n) is 4.72. The SMILES string of the molecule is O=C(NCc1ccc(S(=O)(=O)N2CCOCC2)cc1)C(=O)Nc1ccc(Cl)c(C(F)(F)F)c1. The lowest BCUT2D eigenvalue weighted by Gasteiger charge is -2.26. The standard InChI is InChI=1S/C20H19ClF3N3O5S/c21-17-6-3-14(11-16(17)20(22,23)24)26-19(29)18(28)25-12-13-1-4-15(5-2-13)33(30,31)27-7-9-32-10-8-27/h1-6,11H,7-10,12H2,(H,25,28)(H,26,29). The van der Waals surface area contributed by atoms with Crippen LogP contribution in [0, 0.1) is 0 Å². The fraction of sp³-hybridized carbons (Fsp3) is 0.300. The number of morpholine rings is 1. The molecule has 178 valence electrons.